The number of benzene rings is 1. The normalized spacial score (nSPS) is 32.7. The molecule has 0 aromatic heterocycles. The van der Waals surface area contributed by atoms with Crippen molar-refractivity contribution < 1.29 is 28.5 Å². The Morgan fingerprint density at radius 3 is 2.83 bits per heavy atom. The molecule has 0 radical (unpaired) electrons. The fourth-order valence-corrected chi connectivity index (χ4v) is 3.21. The van der Waals surface area contributed by atoms with Crippen LogP contribution in [0, 0.1) is 5.92 Å². The summed E-state index contributed by atoms with van der Waals surface area (Å²) < 4.78 is 28.4. The van der Waals surface area contributed by atoms with Gasteiger partial charge < -0.3 is 23.7 Å². The highest BCUT2D eigenvalue weighted by Gasteiger charge is 2.60. The molecule has 1 aromatic rings. The van der Waals surface area contributed by atoms with Crippen molar-refractivity contribution >= 4 is 5.97 Å². The van der Waals surface area contributed by atoms with Gasteiger partial charge in [-0.05, 0) is 5.56 Å². The first-order chi connectivity index (χ1) is 11.1. The molecule has 2 fully saturated rings. The van der Waals surface area contributed by atoms with Crippen LogP contribution in [0.4, 0.5) is 0 Å². The first-order valence-electron chi connectivity index (χ1n) is 7.72. The number of methoxy groups -OCH3 is 1. The van der Waals surface area contributed by atoms with Crippen LogP contribution in [0.5, 0.6) is 0 Å². The summed E-state index contributed by atoms with van der Waals surface area (Å²) in [5.74, 6) is -0.402. The lowest BCUT2D eigenvalue weighted by Crippen LogP contribution is -2.54. The van der Waals surface area contributed by atoms with Crippen LogP contribution in [0.1, 0.15) is 12.5 Å². The van der Waals surface area contributed by atoms with Gasteiger partial charge in [0.25, 0.3) is 0 Å². The van der Waals surface area contributed by atoms with Crippen molar-refractivity contribution in [2.75, 3.05) is 26.9 Å². The Labute approximate surface area is 135 Å². The predicted octanol–water partition coefficient (Wildman–Crippen LogP) is 1.52. The molecule has 0 amide bonds. The minimum absolute atomic E-state index is 0.0481. The Balaban J connectivity index is 1.75. The lowest BCUT2D eigenvalue weighted by atomic mass is 9.89. The Kier molecular flexibility index (Phi) is 4.96. The van der Waals surface area contributed by atoms with Gasteiger partial charge in [-0.1, -0.05) is 30.3 Å². The standard InChI is InChI=1S/C17H22O6/c1-12(18)22-11-17-10-20-9-14(16(19-2)23-17)15(17)21-8-13-6-4-3-5-7-13/h3-7,14-16H,8-11H2,1-2H3/t14-,15+,16+,17-/m1/s1. The van der Waals surface area contributed by atoms with E-state index in [9.17, 15) is 4.79 Å². The number of ether oxygens (including phenoxy) is 5. The summed E-state index contributed by atoms with van der Waals surface area (Å²) in [6, 6.07) is 9.93. The lowest BCUT2D eigenvalue weighted by molar-refractivity contribution is -0.207. The number of hydrogen-bond donors (Lipinski definition) is 0. The molecule has 2 bridgehead atoms. The summed E-state index contributed by atoms with van der Waals surface area (Å²) in [5, 5.41) is 0. The van der Waals surface area contributed by atoms with Crippen molar-refractivity contribution in [3.05, 3.63) is 35.9 Å². The largest absolute Gasteiger partial charge is 0.463 e. The molecule has 3 rings (SSSR count). The minimum atomic E-state index is -0.815. The monoisotopic (exact) mass is 322 g/mol. The molecule has 0 aliphatic carbocycles. The van der Waals surface area contributed by atoms with Gasteiger partial charge in [-0.2, -0.15) is 0 Å². The Bertz CT molecular complexity index is 533. The molecule has 0 N–H and O–H groups in total. The van der Waals surface area contributed by atoms with E-state index in [2.05, 4.69) is 0 Å². The van der Waals surface area contributed by atoms with E-state index in [1.54, 1.807) is 7.11 Å². The predicted molar refractivity (Wildman–Crippen MR) is 80.6 cm³/mol. The molecule has 1 aromatic carbocycles. The quantitative estimate of drug-likeness (QED) is 0.740. The zero-order valence-corrected chi connectivity index (χ0v) is 13.4. The fraction of sp³-hybridized carbons (Fsp3) is 0.588. The third-order valence-electron chi connectivity index (χ3n) is 4.29. The molecule has 2 saturated heterocycles. The van der Waals surface area contributed by atoms with Crippen LogP contribution in [0.25, 0.3) is 0 Å². The first kappa shape index (κ1) is 16.4. The summed E-state index contributed by atoms with van der Waals surface area (Å²) in [7, 11) is 1.60. The number of esters is 1. The molecule has 23 heavy (non-hydrogen) atoms. The SMILES string of the molecule is CO[C@H]1O[C@@]2(COC(C)=O)COC[C@@H]1[C@@H]2OCc1ccccc1. The third-order valence-corrected chi connectivity index (χ3v) is 4.29. The molecule has 2 heterocycles. The van der Waals surface area contributed by atoms with Gasteiger partial charge in [-0.25, -0.2) is 0 Å². The first-order valence-corrected chi connectivity index (χ1v) is 7.72. The van der Waals surface area contributed by atoms with Crippen LogP contribution in [0.3, 0.4) is 0 Å². The highest BCUT2D eigenvalue weighted by atomic mass is 16.7. The van der Waals surface area contributed by atoms with E-state index >= 15 is 0 Å². The maximum absolute atomic E-state index is 11.2. The average Bonchev–Trinajstić information content (AvgIpc) is 2.73. The molecular weight excluding hydrogens is 300 g/mol. The maximum Gasteiger partial charge on any atom is 0.302 e. The van der Waals surface area contributed by atoms with Crippen LogP contribution >= 0.6 is 0 Å². The van der Waals surface area contributed by atoms with Crippen LogP contribution in [-0.4, -0.2) is 50.9 Å². The van der Waals surface area contributed by atoms with Gasteiger partial charge in [0.2, 0.25) is 0 Å². The van der Waals surface area contributed by atoms with Crippen LogP contribution in [-0.2, 0) is 35.1 Å². The van der Waals surface area contributed by atoms with E-state index in [4.69, 9.17) is 23.7 Å². The van der Waals surface area contributed by atoms with E-state index in [1.807, 2.05) is 30.3 Å². The average molecular weight is 322 g/mol. The molecule has 6 nitrogen and oxygen atoms in total. The highest BCUT2D eigenvalue weighted by Crippen LogP contribution is 2.42. The Morgan fingerprint density at radius 2 is 2.13 bits per heavy atom. The van der Waals surface area contributed by atoms with E-state index in [0.29, 0.717) is 19.8 Å². The van der Waals surface area contributed by atoms with Crippen molar-refractivity contribution in [3.8, 4) is 0 Å². The van der Waals surface area contributed by atoms with Crippen molar-refractivity contribution in [2.24, 2.45) is 5.92 Å². The molecule has 2 aliphatic rings. The number of rotatable bonds is 6. The van der Waals surface area contributed by atoms with Crippen LogP contribution < -0.4 is 0 Å². The highest BCUT2D eigenvalue weighted by molar-refractivity contribution is 5.66. The van der Waals surface area contributed by atoms with E-state index < -0.39 is 11.9 Å². The molecule has 0 saturated carbocycles. The van der Waals surface area contributed by atoms with E-state index in [1.165, 1.54) is 6.92 Å². The third kappa shape index (κ3) is 3.40. The van der Waals surface area contributed by atoms with Crippen LogP contribution in [0.2, 0.25) is 0 Å². The number of carbonyl (C=O) groups is 1. The summed E-state index contributed by atoms with van der Waals surface area (Å²) in [6.07, 6.45) is -0.672. The van der Waals surface area contributed by atoms with Gasteiger partial charge in [-0.15, -0.1) is 0 Å². The summed E-state index contributed by atoms with van der Waals surface area (Å²) in [5.41, 5.74) is 0.263. The summed E-state index contributed by atoms with van der Waals surface area (Å²) in [4.78, 5) is 11.2. The topological polar surface area (TPSA) is 63.2 Å². The summed E-state index contributed by atoms with van der Waals surface area (Å²) in [6.45, 7) is 2.75. The number of carbonyl (C=O) groups excluding carboxylic acids is 1. The molecule has 2 aliphatic heterocycles. The molecule has 0 unspecified atom stereocenters. The van der Waals surface area contributed by atoms with Crippen molar-refractivity contribution in [3.63, 3.8) is 0 Å². The second-order valence-electron chi connectivity index (χ2n) is 5.96. The Morgan fingerprint density at radius 1 is 1.35 bits per heavy atom. The molecule has 4 atom stereocenters. The van der Waals surface area contributed by atoms with Crippen molar-refractivity contribution in [1.82, 2.24) is 0 Å². The maximum atomic E-state index is 11.2. The van der Waals surface area contributed by atoms with Gasteiger partial charge in [0, 0.05) is 14.0 Å². The minimum Gasteiger partial charge on any atom is -0.463 e. The van der Waals surface area contributed by atoms with Gasteiger partial charge in [0.05, 0.1) is 25.7 Å². The second kappa shape index (κ2) is 6.97. The fourth-order valence-electron chi connectivity index (χ4n) is 3.21. The van der Waals surface area contributed by atoms with E-state index in [0.717, 1.165) is 5.56 Å². The molecule has 126 valence electrons. The summed E-state index contributed by atoms with van der Waals surface area (Å²) >= 11 is 0. The van der Waals surface area contributed by atoms with Gasteiger partial charge in [-0.3, -0.25) is 4.79 Å². The molecular formula is C17H22O6. The number of hydrogen-bond acceptors (Lipinski definition) is 6. The van der Waals surface area contributed by atoms with Gasteiger partial charge >= 0.3 is 5.97 Å². The zero-order valence-electron chi connectivity index (χ0n) is 13.4. The molecule has 0 spiro atoms. The van der Waals surface area contributed by atoms with Crippen molar-refractivity contribution in [2.45, 2.75) is 31.5 Å². The zero-order chi connectivity index (χ0) is 16.3. The van der Waals surface area contributed by atoms with Crippen molar-refractivity contribution in [1.29, 1.82) is 0 Å². The lowest BCUT2D eigenvalue weighted by Gasteiger charge is -2.37. The number of fused-ring (bicyclic) bond motifs is 2. The second-order valence-corrected chi connectivity index (χ2v) is 5.96. The van der Waals surface area contributed by atoms with Crippen LogP contribution in [0.15, 0.2) is 30.3 Å². The van der Waals surface area contributed by atoms with E-state index in [-0.39, 0.29) is 24.6 Å². The molecule has 6 heteroatoms. The van der Waals surface area contributed by atoms with Gasteiger partial charge in [0.1, 0.15) is 12.7 Å². The van der Waals surface area contributed by atoms with Gasteiger partial charge in [0.15, 0.2) is 11.9 Å². The smallest absolute Gasteiger partial charge is 0.302 e. The Hall–Kier alpha value is -1.47.